The summed E-state index contributed by atoms with van der Waals surface area (Å²) >= 11 is 6.04. The molecule has 39 heavy (non-hydrogen) atoms. The quantitative estimate of drug-likeness (QED) is 0.450. The minimum atomic E-state index is -0.705. The van der Waals surface area contributed by atoms with E-state index in [4.69, 9.17) is 11.6 Å². The Morgan fingerprint density at radius 2 is 1.67 bits per heavy atom. The molecule has 2 saturated heterocycles. The Labute approximate surface area is 238 Å². The van der Waals surface area contributed by atoms with Gasteiger partial charge in [0.1, 0.15) is 6.04 Å². The van der Waals surface area contributed by atoms with Gasteiger partial charge in [-0.1, -0.05) is 43.0 Å². The second-order valence-electron chi connectivity index (χ2n) is 12.4. The molecule has 1 aromatic carbocycles. The molecule has 0 bridgehead atoms. The second-order valence-corrected chi connectivity index (χ2v) is 12.9. The van der Waals surface area contributed by atoms with Gasteiger partial charge in [-0.25, -0.2) is 5.01 Å². The Morgan fingerprint density at radius 1 is 1.00 bits per heavy atom. The molecule has 2 heterocycles. The van der Waals surface area contributed by atoms with Crippen LogP contribution in [0.2, 0.25) is 5.02 Å². The summed E-state index contributed by atoms with van der Waals surface area (Å²) in [5, 5.41) is 8.71. The van der Waals surface area contributed by atoms with Gasteiger partial charge in [0, 0.05) is 42.0 Å². The van der Waals surface area contributed by atoms with E-state index in [0.717, 1.165) is 37.8 Å². The molecule has 0 spiro atoms. The number of hydrogen-bond donors (Lipinski definition) is 3. The molecule has 216 valence electrons. The largest absolute Gasteiger partial charge is 0.343 e. The summed E-state index contributed by atoms with van der Waals surface area (Å²) in [6.07, 6.45) is 9.35. The molecule has 9 heteroatoms. The van der Waals surface area contributed by atoms with E-state index in [1.165, 1.54) is 19.3 Å². The number of hydrogen-bond acceptors (Lipinski definition) is 5. The molecular formula is C30H46ClN5O3. The molecule has 1 aliphatic carbocycles. The van der Waals surface area contributed by atoms with Gasteiger partial charge in [0.15, 0.2) is 0 Å². The molecule has 0 unspecified atom stereocenters. The van der Waals surface area contributed by atoms with Gasteiger partial charge in [-0.2, -0.15) is 0 Å². The molecule has 2 atom stereocenters. The zero-order valence-corrected chi connectivity index (χ0v) is 24.6. The van der Waals surface area contributed by atoms with Crippen molar-refractivity contribution in [1.29, 1.82) is 0 Å². The van der Waals surface area contributed by atoms with Crippen molar-refractivity contribution in [3.05, 3.63) is 34.9 Å². The average Bonchev–Trinajstić information content (AvgIpc) is 3.45. The summed E-state index contributed by atoms with van der Waals surface area (Å²) in [5.74, 6) is -0.148. The zero-order chi connectivity index (χ0) is 28.0. The van der Waals surface area contributed by atoms with E-state index in [1.54, 1.807) is 12.1 Å². The van der Waals surface area contributed by atoms with Crippen LogP contribution in [0.15, 0.2) is 24.3 Å². The number of carbonyl (C=O) groups is 3. The molecule has 3 fully saturated rings. The molecule has 3 N–H and O–H groups in total. The monoisotopic (exact) mass is 559 g/mol. The topological polar surface area (TPSA) is 93.8 Å². The van der Waals surface area contributed by atoms with Crippen molar-refractivity contribution in [1.82, 2.24) is 26.0 Å². The number of benzene rings is 1. The lowest BCUT2D eigenvalue weighted by Crippen LogP contribution is -2.58. The number of amides is 3. The molecule has 1 saturated carbocycles. The Hall–Kier alpha value is -2.16. The number of hydrazine groups is 1. The number of rotatable bonds is 8. The van der Waals surface area contributed by atoms with Crippen molar-refractivity contribution in [2.24, 2.45) is 5.92 Å². The summed E-state index contributed by atoms with van der Waals surface area (Å²) in [6.45, 7) is 8.46. The molecule has 2 aliphatic heterocycles. The average molecular weight is 560 g/mol. The third-order valence-electron chi connectivity index (χ3n) is 8.38. The third kappa shape index (κ3) is 8.18. The van der Waals surface area contributed by atoms with Gasteiger partial charge >= 0.3 is 0 Å². The maximum atomic E-state index is 13.7. The van der Waals surface area contributed by atoms with Crippen molar-refractivity contribution in [2.45, 2.75) is 109 Å². The van der Waals surface area contributed by atoms with Crippen LogP contribution in [0, 0.1) is 5.92 Å². The van der Waals surface area contributed by atoms with Gasteiger partial charge in [-0.05, 0) is 83.5 Å². The summed E-state index contributed by atoms with van der Waals surface area (Å²) in [7, 11) is 0. The van der Waals surface area contributed by atoms with Gasteiger partial charge in [0.2, 0.25) is 11.8 Å². The van der Waals surface area contributed by atoms with Crippen LogP contribution in [-0.4, -0.2) is 70.9 Å². The number of carbonyl (C=O) groups excluding carboxylic acids is 3. The van der Waals surface area contributed by atoms with Crippen LogP contribution in [0.25, 0.3) is 0 Å². The molecular weight excluding hydrogens is 514 g/mol. The Balaban J connectivity index is 1.35. The van der Waals surface area contributed by atoms with E-state index in [2.05, 4.69) is 41.7 Å². The van der Waals surface area contributed by atoms with E-state index in [0.29, 0.717) is 43.4 Å². The van der Waals surface area contributed by atoms with E-state index < -0.39 is 6.04 Å². The Bertz CT molecular complexity index is 975. The lowest BCUT2D eigenvalue weighted by atomic mass is 9.87. The van der Waals surface area contributed by atoms with Crippen LogP contribution in [0.3, 0.4) is 0 Å². The number of piperidine rings is 1. The fourth-order valence-corrected chi connectivity index (χ4v) is 6.44. The first kappa shape index (κ1) is 29.8. The highest BCUT2D eigenvalue weighted by atomic mass is 35.5. The van der Waals surface area contributed by atoms with E-state index in [9.17, 15) is 14.4 Å². The summed E-state index contributed by atoms with van der Waals surface area (Å²) in [5.41, 5.74) is 3.76. The van der Waals surface area contributed by atoms with Crippen molar-refractivity contribution in [3.8, 4) is 0 Å². The highest BCUT2D eigenvalue weighted by Crippen LogP contribution is 2.32. The number of halogens is 1. The predicted molar refractivity (Wildman–Crippen MR) is 154 cm³/mol. The molecule has 0 aromatic heterocycles. The second kappa shape index (κ2) is 13.5. The predicted octanol–water partition coefficient (Wildman–Crippen LogP) is 3.82. The standard InChI is InChI=1S/C30H46ClN5O3/c1-30(2,3)36(24-8-5-4-6-9-24)29(39)22-15-18-35(19-16-22)34-28(38)26(20-21-11-13-23(31)14-12-21)33-27(37)25-10-7-17-32-25/h11-14,22,24-26,32H,4-10,15-20H2,1-3H3,(H,33,37)(H,34,38)/t25-,26-/m1/s1. The van der Waals surface area contributed by atoms with Crippen molar-refractivity contribution in [2.75, 3.05) is 19.6 Å². The highest BCUT2D eigenvalue weighted by Gasteiger charge is 2.38. The molecule has 4 rings (SSSR count). The van der Waals surface area contributed by atoms with E-state index in [1.807, 2.05) is 17.1 Å². The smallest absolute Gasteiger partial charge is 0.257 e. The zero-order valence-electron chi connectivity index (χ0n) is 23.8. The van der Waals surface area contributed by atoms with E-state index >= 15 is 0 Å². The summed E-state index contributed by atoms with van der Waals surface area (Å²) in [4.78, 5) is 42.1. The fraction of sp³-hybridized carbons (Fsp3) is 0.700. The molecule has 0 radical (unpaired) electrons. The Morgan fingerprint density at radius 3 is 2.26 bits per heavy atom. The van der Waals surface area contributed by atoms with Crippen LogP contribution < -0.4 is 16.1 Å². The van der Waals surface area contributed by atoms with Crippen molar-refractivity contribution in [3.63, 3.8) is 0 Å². The molecule has 3 amide bonds. The molecule has 3 aliphatic rings. The van der Waals surface area contributed by atoms with Crippen LogP contribution >= 0.6 is 11.6 Å². The van der Waals surface area contributed by atoms with Crippen LogP contribution in [0.1, 0.15) is 84.1 Å². The van der Waals surface area contributed by atoms with Crippen molar-refractivity contribution >= 4 is 29.3 Å². The first-order valence-corrected chi connectivity index (χ1v) is 15.2. The van der Waals surface area contributed by atoms with Crippen molar-refractivity contribution < 1.29 is 14.4 Å². The SMILES string of the molecule is CC(C)(C)N(C(=O)C1CCN(NC(=O)[C@@H](Cc2ccc(Cl)cc2)NC(=O)[C@H]2CCCN2)CC1)C1CCCCC1. The van der Waals surface area contributed by atoms with Gasteiger partial charge in [0.25, 0.3) is 5.91 Å². The van der Waals surface area contributed by atoms with Crippen LogP contribution in [0.5, 0.6) is 0 Å². The van der Waals surface area contributed by atoms with Gasteiger partial charge in [0.05, 0.1) is 6.04 Å². The summed E-state index contributed by atoms with van der Waals surface area (Å²) < 4.78 is 0. The maximum absolute atomic E-state index is 13.7. The minimum absolute atomic E-state index is 0.0303. The maximum Gasteiger partial charge on any atom is 0.257 e. The highest BCUT2D eigenvalue weighted by molar-refractivity contribution is 6.30. The normalized spacial score (nSPS) is 22.3. The summed E-state index contributed by atoms with van der Waals surface area (Å²) in [6, 6.07) is 6.71. The lowest BCUT2D eigenvalue weighted by molar-refractivity contribution is -0.147. The van der Waals surface area contributed by atoms with Gasteiger partial charge in [-0.3, -0.25) is 19.8 Å². The van der Waals surface area contributed by atoms with Crippen LogP contribution in [-0.2, 0) is 20.8 Å². The minimum Gasteiger partial charge on any atom is -0.343 e. The van der Waals surface area contributed by atoms with Gasteiger partial charge in [-0.15, -0.1) is 0 Å². The lowest BCUT2D eigenvalue weighted by Gasteiger charge is -2.46. The fourth-order valence-electron chi connectivity index (χ4n) is 6.31. The first-order chi connectivity index (χ1) is 18.6. The molecule has 8 nitrogen and oxygen atoms in total. The molecule has 1 aromatic rings. The van der Waals surface area contributed by atoms with Crippen LogP contribution in [0.4, 0.5) is 0 Å². The first-order valence-electron chi connectivity index (χ1n) is 14.8. The van der Waals surface area contributed by atoms with E-state index in [-0.39, 0.29) is 35.2 Å². The number of nitrogens with zero attached hydrogens (tertiary/aromatic N) is 2. The number of nitrogens with one attached hydrogen (secondary N) is 3. The van der Waals surface area contributed by atoms with Gasteiger partial charge < -0.3 is 15.5 Å². The third-order valence-corrected chi connectivity index (χ3v) is 8.63. The Kier molecular flexibility index (Phi) is 10.3.